The number of benzene rings is 1. The third-order valence-electron chi connectivity index (χ3n) is 4.40. The van der Waals surface area contributed by atoms with Gasteiger partial charge in [-0.3, -0.25) is 0 Å². The second-order valence-electron chi connectivity index (χ2n) is 7.25. The summed E-state index contributed by atoms with van der Waals surface area (Å²) >= 11 is 0. The van der Waals surface area contributed by atoms with Crippen molar-refractivity contribution in [2.24, 2.45) is 0 Å². The maximum atomic E-state index is 13.8. The first-order chi connectivity index (χ1) is 10.7. The van der Waals surface area contributed by atoms with Crippen molar-refractivity contribution in [3.63, 3.8) is 0 Å². The molecule has 4 nitrogen and oxygen atoms in total. The molecule has 1 aromatic carbocycles. The van der Waals surface area contributed by atoms with Crippen LogP contribution in [0.25, 0.3) is 10.9 Å². The van der Waals surface area contributed by atoms with E-state index in [4.69, 9.17) is 4.74 Å². The summed E-state index contributed by atoms with van der Waals surface area (Å²) in [6, 6.07) is 6.05. The van der Waals surface area contributed by atoms with Crippen molar-refractivity contribution < 1.29 is 13.9 Å². The van der Waals surface area contributed by atoms with Crippen molar-refractivity contribution in [1.29, 1.82) is 0 Å². The molecule has 6 heteroatoms. The number of ether oxygens (including phenoxy) is 1. The predicted molar refractivity (Wildman–Crippen MR) is 86.9 cm³/mol. The second kappa shape index (κ2) is 5.55. The van der Waals surface area contributed by atoms with E-state index in [9.17, 15) is 9.18 Å². The summed E-state index contributed by atoms with van der Waals surface area (Å²) in [5.74, 6) is -0.348. The summed E-state index contributed by atoms with van der Waals surface area (Å²) in [7, 11) is 1.74. The number of rotatable bonds is 1. The van der Waals surface area contributed by atoms with Gasteiger partial charge in [0.2, 0.25) is 0 Å². The van der Waals surface area contributed by atoms with Crippen LogP contribution < -0.4 is 0 Å². The molecule has 24 heavy (non-hydrogen) atoms. The van der Waals surface area contributed by atoms with Gasteiger partial charge >= 0.3 is 6.09 Å². The minimum atomic E-state index is -0.539. The van der Waals surface area contributed by atoms with E-state index in [1.807, 2.05) is 40.0 Å². The molecule has 0 spiro atoms. The fraction of sp³-hybridized carbons (Fsp3) is 0.500. The summed E-state index contributed by atoms with van der Waals surface area (Å²) in [6.45, 7) is 8.22. The molecule has 3 rings (SSSR count). The van der Waals surface area contributed by atoms with E-state index in [1.165, 1.54) is 6.07 Å². The summed E-state index contributed by atoms with van der Waals surface area (Å²) in [6.07, 6.45) is 1.57. The van der Waals surface area contributed by atoms with Crippen LogP contribution in [0.5, 0.6) is 0 Å². The van der Waals surface area contributed by atoms with Crippen molar-refractivity contribution in [2.45, 2.75) is 51.8 Å². The van der Waals surface area contributed by atoms with Crippen LogP contribution in [0.1, 0.15) is 39.2 Å². The molecule has 0 saturated heterocycles. The van der Waals surface area contributed by atoms with Crippen LogP contribution in [0, 0.1) is 11.9 Å². The van der Waals surface area contributed by atoms with Gasteiger partial charge in [-0.15, -0.1) is 23.6 Å². The largest absolute Gasteiger partial charge is 0.444 e. The van der Waals surface area contributed by atoms with Gasteiger partial charge in [0.25, 0.3) is 0 Å². The Bertz CT molecular complexity index is 766. The Hall–Kier alpha value is -3.04. The average Bonchev–Trinajstić information content (AvgIpc) is 2.83. The third-order valence-corrected chi connectivity index (χ3v) is 4.40. The summed E-state index contributed by atoms with van der Waals surface area (Å²) in [4.78, 5) is 14.0. The number of nitrogens with zero attached hydrogens (tertiary/aromatic N) is 2. The Labute approximate surface area is 135 Å². The zero-order valence-electron chi connectivity index (χ0n) is 14.5. The number of aromatic nitrogens is 1. The molecule has 0 radical (unpaired) electrons. The first-order valence-electron chi connectivity index (χ1n) is 7.84. The van der Waals surface area contributed by atoms with Gasteiger partial charge in [0, 0.05) is 19.4 Å². The minimum Gasteiger partial charge on any atom is -0.444 e. The van der Waals surface area contributed by atoms with Gasteiger partial charge in [-0.1, -0.05) is 12.5 Å². The normalized spacial score (nSPS) is 19.8. The van der Waals surface area contributed by atoms with Crippen molar-refractivity contribution in [2.75, 3.05) is 7.05 Å². The number of halogens is 1. The van der Waals surface area contributed by atoms with Crippen LogP contribution in [0.3, 0.4) is 0 Å². The first kappa shape index (κ1) is 17.3. The van der Waals surface area contributed by atoms with Crippen LogP contribution >= 0.6 is 0 Å². The average molecular weight is 574 g/mol. The fourth-order valence-electron chi connectivity index (χ4n) is 3.26. The number of likely N-dealkylation sites (N-methyl/N-ethyl adjacent to an activating group) is 1. The quantitative estimate of drug-likeness (QED) is 0.484. The molecule has 2 aromatic rings. The second-order valence-corrected chi connectivity index (χ2v) is 7.25. The van der Waals surface area contributed by atoms with Gasteiger partial charge in [0.05, 0.1) is 6.04 Å². The van der Waals surface area contributed by atoms with Crippen LogP contribution in [0.2, 0.25) is 0 Å². The molecule has 1 aliphatic rings. The van der Waals surface area contributed by atoms with Gasteiger partial charge in [-0.05, 0) is 38.4 Å². The zero-order chi connectivity index (χ0) is 16.9. The summed E-state index contributed by atoms with van der Waals surface area (Å²) in [5, 5.41) is 0.783. The zero-order valence-corrected chi connectivity index (χ0v) is 16.9. The van der Waals surface area contributed by atoms with Crippen molar-refractivity contribution in [3.8, 4) is 0 Å². The number of carbonyl (C=O) groups is 1. The maximum Gasteiger partial charge on any atom is 0.410 e. The molecule has 2 atom stereocenters. The number of hydrogen-bond donors (Lipinski definition) is 0. The van der Waals surface area contributed by atoms with Crippen LogP contribution in [-0.2, 0) is 11.3 Å². The molecule has 136 valence electrons. The predicted octanol–water partition coefficient (Wildman–Crippen LogP) is 3.93. The molecule has 0 fully saturated rings. The van der Waals surface area contributed by atoms with E-state index in [0.29, 0.717) is 6.54 Å². The molecule has 1 aromatic heterocycles. The molecule has 0 saturated carbocycles. The monoisotopic (exact) mass is 574 g/mol. The van der Waals surface area contributed by atoms with Crippen LogP contribution in [0.4, 0.5) is 9.18 Å². The number of amides is 1. The van der Waals surface area contributed by atoms with E-state index < -0.39 is 5.60 Å². The molecule has 1 amide bonds. The fourth-order valence-corrected chi connectivity index (χ4v) is 3.26. The SMILES string of the molecule is C[C@@H]1c2cc(F)[c-]c3ccn(c23)C[C@H]1N(C)C(=O)OC(C)(C)C.[Fm]. The molecular weight excluding hydrogens is 552 g/mol. The van der Waals surface area contributed by atoms with Crippen molar-refractivity contribution in [3.05, 3.63) is 35.8 Å². The molecular formula is C18H22FFmN2O2-. The van der Waals surface area contributed by atoms with E-state index in [2.05, 4.69) is 10.6 Å². The molecule has 0 bridgehead atoms. The van der Waals surface area contributed by atoms with Gasteiger partial charge in [0.1, 0.15) is 5.60 Å². The van der Waals surface area contributed by atoms with E-state index >= 15 is 0 Å². The number of carbonyl (C=O) groups excluding carboxylic acids is 1. The van der Waals surface area contributed by atoms with Gasteiger partial charge < -0.3 is 14.2 Å². The molecule has 0 unspecified atom stereocenters. The Morgan fingerprint density at radius 2 is 2.12 bits per heavy atom. The van der Waals surface area contributed by atoms with Crippen molar-refractivity contribution >= 4 is 17.0 Å². The standard InChI is InChI=1S/C18H22FN2O2.Fm/c1-11-14-9-13(19)8-12-6-7-21(16(12)14)10-15(11)20(5)17(22)23-18(2,3)4;/h6-7,9,11,15H,10H2,1-5H3;/q-1;/t11-,15-;/m1./s1. The van der Waals surface area contributed by atoms with Crippen LogP contribution in [0.15, 0.2) is 18.3 Å². The Kier molecular flexibility index (Phi) is 4.00. The molecule has 0 aliphatic carbocycles. The molecule has 1 aliphatic heterocycles. The van der Waals surface area contributed by atoms with E-state index in [-0.39, 0.29) is 23.9 Å². The van der Waals surface area contributed by atoms with Crippen LogP contribution in [-0.4, -0.2) is 34.3 Å². The molecule has 2 heterocycles. The smallest absolute Gasteiger partial charge is 0.410 e. The topological polar surface area (TPSA) is 34.5 Å². The Morgan fingerprint density at radius 3 is 2.75 bits per heavy atom. The van der Waals surface area contributed by atoms with Gasteiger partial charge in [-0.2, -0.15) is 0 Å². The van der Waals surface area contributed by atoms with Gasteiger partial charge in [0.15, 0.2) is 0 Å². The Morgan fingerprint density at radius 1 is 1.46 bits per heavy atom. The van der Waals surface area contributed by atoms with E-state index in [1.54, 1.807) is 11.9 Å². The van der Waals surface area contributed by atoms with E-state index in [0.717, 1.165) is 16.5 Å². The summed E-state index contributed by atoms with van der Waals surface area (Å²) in [5.41, 5.74) is 1.38. The number of hydrogen-bond acceptors (Lipinski definition) is 2. The van der Waals surface area contributed by atoms with Crippen molar-refractivity contribution in [1.82, 2.24) is 9.47 Å². The molecule has 0 N–H and O–H groups in total. The third kappa shape index (κ3) is 2.77. The maximum absolute atomic E-state index is 13.8. The Balaban J connectivity index is 0.00000208. The minimum absolute atomic E-state index is 0. The van der Waals surface area contributed by atoms with Gasteiger partial charge in [-0.25, -0.2) is 9.18 Å². The first-order valence-corrected chi connectivity index (χ1v) is 7.84. The summed E-state index contributed by atoms with van der Waals surface area (Å²) < 4.78 is 21.4.